The highest BCUT2D eigenvalue weighted by atomic mass is 16.5. The lowest BCUT2D eigenvalue weighted by molar-refractivity contribution is -0.136. The first-order valence-corrected chi connectivity index (χ1v) is 7.50. The molecule has 0 spiro atoms. The van der Waals surface area contributed by atoms with Gasteiger partial charge in [0, 0.05) is 12.2 Å². The summed E-state index contributed by atoms with van der Waals surface area (Å²) >= 11 is 0. The van der Waals surface area contributed by atoms with E-state index >= 15 is 0 Å². The fourth-order valence-electron chi connectivity index (χ4n) is 1.95. The van der Waals surface area contributed by atoms with Gasteiger partial charge in [-0.15, -0.1) is 0 Å². The average Bonchev–Trinajstić information content (AvgIpc) is 2.61. The largest absolute Gasteiger partial charge is 0.462 e. The summed E-state index contributed by atoms with van der Waals surface area (Å²) in [6, 6.07) is 15.4. The SMILES string of the molecule is CCOC(=O)c1ccc(NC(=O)C(=O)NCc2ccccc2)cc1. The van der Waals surface area contributed by atoms with Gasteiger partial charge in [0.1, 0.15) is 0 Å². The fourth-order valence-corrected chi connectivity index (χ4v) is 1.95. The third-order valence-corrected chi connectivity index (χ3v) is 3.16. The van der Waals surface area contributed by atoms with Crippen LogP contribution in [0.15, 0.2) is 54.6 Å². The van der Waals surface area contributed by atoms with Crippen LogP contribution in [0.2, 0.25) is 0 Å². The van der Waals surface area contributed by atoms with Gasteiger partial charge in [-0.2, -0.15) is 0 Å². The van der Waals surface area contributed by atoms with Gasteiger partial charge in [-0.05, 0) is 36.8 Å². The number of amides is 2. The molecule has 6 heteroatoms. The summed E-state index contributed by atoms with van der Waals surface area (Å²) in [7, 11) is 0. The Hall–Kier alpha value is -3.15. The summed E-state index contributed by atoms with van der Waals surface area (Å²) in [5.74, 6) is -1.93. The van der Waals surface area contributed by atoms with Crippen molar-refractivity contribution in [2.45, 2.75) is 13.5 Å². The quantitative estimate of drug-likeness (QED) is 0.651. The molecular weight excluding hydrogens is 308 g/mol. The number of ether oxygens (including phenoxy) is 1. The first kappa shape index (κ1) is 17.2. The number of esters is 1. The van der Waals surface area contributed by atoms with Gasteiger partial charge >= 0.3 is 17.8 Å². The first-order valence-electron chi connectivity index (χ1n) is 7.50. The molecule has 0 saturated carbocycles. The van der Waals surface area contributed by atoms with Gasteiger partial charge in [0.05, 0.1) is 12.2 Å². The standard InChI is InChI=1S/C18H18N2O4/c1-2-24-18(23)14-8-10-15(11-9-14)20-17(22)16(21)19-12-13-6-4-3-5-7-13/h3-11H,2,12H2,1H3,(H,19,21)(H,20,22). The maximum Gasteiger partial charge on any atom is 0.338 e. The molecule has 0 aliphatic heterocycles. The van der Waals surface area contributed by atoms with Crippen molar-refractivity contribution in [3.05, 3.63) is 65.7 Å². The van der Waals surface area contributed by atoms with Crippen LogP contribution in [0.25, 0.3) is 0 Å². The number of nitrogens with one attached hydrogen (secondary N) is 2. The van der Waals surface area contributed by atoms with E-state index < -0.39 is 17.8 Å². The van der Waals surface area contributed by atoms with Crippen LogP contribution < -0.4 is 10.6 Å². The predicted molar refractivity (Wildman–Crippen MR) is 89.3 cm³/mol. The van der Waals surface area contributed by atoms with Crippen molar-refractivity contribution in [2.75, 3.05) is 11.9 Å². The van der Waals surface area contributed by atoms with Crippen LogP contribution in [-0.2, 0) is 20.9 Å². The minimum atomic E-state index is -0.769. The Morgan fingerprint density at radius 3 is 2.21 bits per heavy atom. The highest BCUT2D eigenvalue weighted by Gasteiger charge is 2.14. The Labute approximate surface area is 139 Å². The van der Waals surface area contributed by atoms with Crippen LogP contribution in [0.4, 0.5) is 5.69 Å². The van der Waals surface area contributed by atoms with E-state index in [1.165, 1.54) is 24.3 Å². The molecule has 2 amide bonds. The van der Waals surface area contributed by atoms with Gasteiger partial charge < -0.3 is 15.4 Å². The lowest BCUT2D eigenvalue weighted by Crippen LogP contribution is -2.34. The van der Waals surface area contributed by atoms with E-state index in [2.05, 4.69) is 10.6 Å². The molecule has 0 atom stereocenters. The Kier molecular flexibility index (Phi) is 6.08. The number of carbonyl (C=O) groups is 3. The molecule has 124 valence electrons. The van der Waals surface area contributed by atoms with E-state index in [4.69, 9.17) is 4.74 Å². The van der Waals surface area contributed by atoms with Crippen LogP contribution >= 0.6 is 0 Å². The van der Waals surface area contributed by atoms with Gasteiger partial charge in [-0.25, -0.2) is 4.79 Å². The number of anilines is 1. The second kappa shape index (κ2) is 8.47. The summed E-state index contributed by atoms with van der Waals surface area (Å²) in [6.07, 6.45) is 0. The van der Waals surface area contributed by atoms with Crippen molar-refractivity contribution in [3.63, 3.8) is 0 Å². The molecule has 24 heavy (non-hydrogen) atoms. The topological polar surface area (TPSA) is 84.5 Å². The molecule has 0 bridgehead atoms. The zero-order valence-electron chi connectivity index (χ0n) is 13.2. The lowest BCUT2D eigenvalue weighted by atomic mass is 10.2. The monoisotopic (exact) mass is 326 g/mol. The molecule has 0 aromatic heterocycles. The number of carbonyl (C=O) groups excluding carboxylic acids is 3. The fraction of sp³-hybridized carbons (Fsp3) is 0.167. The number of hydrogen-bond donors (Lipinski definition) is 2. The molecule has 0 aliphatic rings. The molecule has 0 fully saturated rings. The number of rotatable bonds is 5. The van der Waals surface area contributed by atoms with Crippen LogP contribution in [0.3, 0.4) is 0 Å². The summed E-state index contributed by atoms with van der Waals surface area (Å²) < 4.78 is 4.87. The van der Waals surface area contributed by atoms with Crippen LogP contribution in [-0.4, -0.2) is 24.4 Å². The molecule has 0 saturated heterocycles. The van der Waals surface area contributed by atoms with E-state index in [1.807, 2.05) is 30.3 Å². The molecule has 2 N–H and O–H groups in total. The Balaban J connectivity index is 1.87. The molecule has 2 rings (SSSR count). The molecule has 6 nitrogen and oxygen atoms in total. The molecule has 0 radical (unpaired) electrons. The highest BCUT2D eigenvalue weighted by molar-refractivity contribution is 6.39. The average molecular weight is 326 g/mol. The van der Waals surface area contributed by atoms with Gasteiger partial charge in [0.2, 0.25) is 0 Å². The van der Waals surface area contributed by atoms with Gasteiger partial charge in [0.25, 0.3) is 0 Å². The Morgan fingerprint density at radius 2 is 1.58 bits per heavy atom. The van der Waals surface area contributed by atoms with E-state index in [0.29, 0.717) is 17.9 Å². The summed E-state index contributed by atoms with van der Waals surface area (Å²) in [5.41, 5.74) is 1.70. The minimum absolute atomic E-state index is 0.273. The summed E-state index contributed by atoms with van der Waals surface area (Å²) in [6.45, 7) is 2.29. The maximum atomic E-state index is 11.8. The van der Waals surface area contributed by atoms with Gasteiger partial charge in [-0.3, -0.25) is 9.59 Å². The maximum absolute atomic E-state index is 11.8. The Morgan fingerprint density at radius 1 is 0.917 bits per heavy atom. The second-order valence-corrected chi connectivity index (χ2v) is 4.92. The predicted octanol–water partition coefficient (Wildman–Crippen LogP) is 2.12. The third kappa shape index (κ3) is 4.95. The molecule has 0 aliphatic carbocycles. The van der Waals surface area contributed by atoms with Crippen molar-refractivity contribution in [1.29, 1.82) is 0 Å². The van der Waals surface area contributed by atoms with Gasteiger partial charge in [0.15, 0.2) is 0 Å². The smallest absolute Gasteiger partial charge is 0.338 e. The zero-order valence-corrected chi connectivity index (χ0v) is 13.2. The normalized spacial score (nSPS) is 9.88. The molecule has 2 aromatic rings. The highest BCUT2D eigenvalue weighted by Crippen LogP contribution is 2.10. The van der Waals surface area contributed by atoms with Crippen molar-refractivity contribution >= 4 is 23.5 Å². The molecule has 0 heterocycles. The van der Waals surface area contributed by atoms with Crippen LogP contribution in [0, 0.1) is 0 Å². The molecular formula is C18H18N2O4. The van der Waals surface area contributed by atoms with Gasteiger partial charge in [-0.1, -0.05) is 30.3 Å². The summed E-state index contributed by atoms with van der Waals surface area (Å²) in [4.78, 5) is 35.2. The zero-order chi connectivity index (χ0) is 17.4. The number of benzene rings is 2. The number of hydrogen-bond acceptors (Lipinski definition) is 4. The minimum Gasteiger partial charge on any atom is -0.462 e. The van der Waals surface area contributed by atoms with Crippen LogP contribution in [0.5, 0.6) is 0 Å². The Bertz CT molecular complexity index is 712. The molecule has 0 unspecified atom stereocenters. The van der Waals surface area contributed by atoms with Crippen molar-refractivity contribution in [3.8, 4) is 0 Å². The molecule has 2 aromatic carbocycles. The van der Waals surface area contributed by atoms with Crippen molar-refractivity contribution in [2.24, 2.45) is 0 Å². The van der Waals surface area contributed by atoms with Crippen molar-refractivity contribution in [1.82, 2.24) is 5.32 Å². The van der Waals surface area contributed by atoms with E-state index in [1.54, 1.807) is 6.92 Å². The third-order valence-electron chi connectivity index (χ3n) is 3.16. The lowest BCUT2D eigenvalue weighted by Gasteiger charge is -2.07. The summed E-state index contributed by atoms with van der Waals surface area (Å²) in [5, 5.41) is 5.01. The first-order chi connectivity index (χ1) is 11.6. The second-order valence-electron chi connectivity index (χ2n) is 4.92. The van der Waals surface area contributed by atoms with Crippen molar-refractivity contribution < 1.29 is 19.1 Å². The van der Waals surface area contributed by atoms with E-state index in [0.717, 1.165) is 5.56 Å². The van der Waals surface area contributed by atoms with E-state index in [-0.39, 0.29) is 6.54 Å². The van der Waals surface area contributed by atoms with E-state index in [9.17, 15) is 14.4 Å². The van der Waals surface area contributed by atoms with Crippen LogP contribution in [0.1, 0.15) is 22.8 Å².